The van der Waals surface area contributed by atoms with Crippen LogP contribution in [0.4, 0.5) is 0 Å². The Hall–Kier alpha value is -1.10. The van der Waals surface area contributed by atoms with Crippen LogP contribution in [0.25, 0.3) is 0 Å². The van der Waals surface area contributed by atoms with Gasteiger partial charge in [-0.05, 0) is 11.6 Å². The molecule has 0 unspecified atom stereocenters. The van der Waals surface area contributed by atoms with E-state index < -0.39 is 18.1 Å². The number of hydrogen-bond acceptors (Lipinski definition) is 3. The molecule has 4 nitrogen and oxygen atoms in total. The Morgan fingerprint density at radius 3 is 2.50 bits per heavy atom. The molecule has 0 bridgehead atoms. The minimum absolute atomic E-state index is 0.348. The van der Waals surface area contributed by atoms with Gasteiger partial charge in [-0.1, -0.05) is 29.8 Å². The number of hydrogen-bond donors (Lipinski definition) is 3. The van der Waals surface area contributed by atoms with Crippen LogP contribution in [0.1, 0.15) is 11.6 Å². The van der Waals surface area contributed by atoms with Gasteiger partial charge < -0.3 is 15.9 Å². The van der Waals surface area contributed by atoms with Crippen LogP contribution < -0.4 is 5.73 Å². The SMILES string of the molecule is N[C@@H](c1ccccc1Cl)[C@H](O)C(=O)O. The zero-order chi connectivity index (χ0) is 10.7. The number of benzene rings is 1. The zero-order valence-electron chi connectivity index (χ0n) is 7.22. The van der Waals surface area contributed by atoms with Gasteiger partial charge in [0.05, 0.1) is 6.04 Å². The molecule has 0 aromatic heterocycles. The first kappa shape index (κ1) is 11.0. The van der Waals surface area contributed by atoms with E-state index in [0.29, 0.717) is 10.6 Å². The minimum Gasteiger partial charge on any atom is -0.479 e. The maximum absolute atomic E-state index is 10.5. The second-order valence-electron chi connectivity index (χ2n) is 2.83. The Kier molecular flexibility index (Phi) is 3.46. The van der Waals surface area contributed by atoms with Crippen molar-refractivity contribution in [1.29, 1.82) is 0 Å². The number of rotatable bonds is 3. The molecule has 0 heterocycles. The van der Waals surface area contributed by atoms with Crippen LogP contribution in [0.15, 0.2) is 24.3 Å². The molecule has 2 atom stereocenters. The molecule has 76 valence electrons. The second kappa shape index (κ2) is 4.41. The molecule has 0 aliphatic heterocycles. The average Bonchev–Trinajstić information content (AvgIpc) is 2.16. The Balaban J connectivity index is 2.94. The third-order valence-corrected chi connectivity index (χ3v) is 2.20. The molecule has 0 amide bonds. The number of carboxylic acids is 1. The molecule has 0 saturated carbocycles. The van der Waals surface area contributed by atoms with Crippen molar-refractivity contribution in [1.82, 2.24) is 0 Å². The van der Waals surface area contributed by atoms with E-state index in [4.69, 9.17) is 22.4 Å². The van der Waals surface area contributed by atoms with Gasteiger partial charge in [0, 0.05) is 5.02 Å². The monoisotopic (exact) mass is 215 g/mol. The first-order valence-electron chi connectivity index (χ1n) is 3.95. The van der Waals surface area contributed by atoms with Crippen molar-refractivity contribution in [3.05, 3.63) is 34.9 Å². The number of aliphatic carboxylic acids is 1. The van der Waals surface area contributed by atoms with Gasteiger partial charge in [0.2, 0.25) is 0 Å². The largest absolute Gasteiger partial charge is 0.479 e. The van der Waals surface area contributed by atoms with E-state index in [1.807, 2.05) is 0 Å². The Labute approximate surface area is 85.9 Å². The number of carbonyl (C=O) groups is 1. The van der Waals surface area contributed by atoms with E-state index in [2.05, 4.69) is 0 Å². The summed E-state index contributed by atoms with van der Waals surface area (Å²) in [5, 5.41) is 18.1. The van der Waals surface area contributed by atoms with Crippen LogP contribution in [0.3, 0.4) is 0 Å². The number of halogens is 1. The van der Waals surface area contributed by atoms with E-state index in [1.54, 1.807) is 24.3 Å². The first-order valence-corrected chi connectivity index (χ1v) is 4.32. The maximum atomic E-state index is 10.5. The standard InChI is InChI=1S/C9H10ClNO3/c10-6-4-2-1-3-5(6)7(11)8(12)9(13)14/h1-4,7-8,12H,11H2,(H,13,14)/t7-,8-/m0/s1. The third-order valence-electron chi connectivity index (χ3n) is 1.86. The average molecular weight is 216 g/mol. The van der Waals surface area contributed by atoms with E-state index >= 15 is 0 Å². The lowest BCUT2D eigenvalue weighted by Crippen LogP contribution is -2.33. The minimum atomic E-state index is -1.64. The molecule has 0 aliphatic carbocycles. The quantitative estimate of drug-likeness (QED) is 0.696. The number of nitrogens with two attached hydrogens (primary N) is 1. The summed E-state index contributed by atoms with van der Waals surface area (Å²) in [5.41, 5.74) is 5.95. The summed E-state index contributed by atoms with van der Waals surface area (Å²) in [6.45, 7) is 0. The third kappa shape index (κ3) is 2.23. The van der Waals surface area contributed by atoms with Crippen LogP contribution in [-0.4, -0.2) is 22.3 Å². The van der Waals surface area contributed by atoms with Gasteiger partial charge in [0.1, 0.15) is 0 Å². The van der Waals surface area contributed by atoms with E-state index in [1.165, 1.54) is 0 Å². The number of carboxylic acid groups (broad SMARTS) is 1. The van der Waals surface area contributed by atoms with Crippen molar-refractivity contribution in [3.63, 3.8) is 0 Å². The summed E-state index contributed by atoms with van der Waals surface area (Å²) in [5.74, 6) is -1.36. The molecule has 1 rings (SSSR count). The van der Waals surface area contributed by atoms with Gasteiger partial charge in [-0.25, -0.2) is 4.79 Å². The topological polar surface area (TPSA) is 83.5 Å². The molecule has 1 aromatic rings. The molecule has 5 heteroatoms. The maximum Gasteiger partial charge on any atom is 0.334 e. The molecule has 0 saturated heterocycles. The lowest BCUT2D eigenvalue weighted by molar-refractivity contribution is -0.147. The highest BCUT2D eigenvalue weighted by molar-refractivity contribution is 6.31. The number of aliphatic hydroxyl groups is 1. The van der Waals surface area contributed by atoms with E-state index in [0.717, 1.165) is 0 Å². The molecule has 0 spiro atoms. The van der Waals surface area contributed by atoms with Crippen molar-refractivity contribution < 1.29 is 15.0 Å². The van der Waals surface area contributed by atoms with Crippen molar-refractivity contribution in [3.8, 4) is 0 Å². The molecule has 14 heavy (non-hydrogen) atoms. The summed E-state index contributed by atoms with van der Waals surface area (Å²) >= 11 is 5.78. The highest BCUT2D eigenvalue weighted by atomic mass is 35.5. The van der Waals surface area contributed by atoms with Crippen molar-refractivity contribution in [2.24, 2.45) is 5.73 Å². The fourth-order valence-corrected chi connectivity index (χ4v) is 1.33. The van der Waals surface area contributed by atoms with Crippen LogP contribution in [0, 0.1) is 0 Å². The van der Waals surface area contributed by atoms with Gasteiger partial charge in [-0.15, -0.1) is 0 Å². The fraction of sp³-hybridized carbons (Fsp3) is 0.222. The van der Waals surface area contributed by atoms with E-state index in [9.17, 15) is 9.90 Å². The molecule has 4 N–H and O–H groups in total. The zero-order valence-corrected chi connectivity index (χ0v) is 7.98. The number of aliphatic hydroxyl groups excluding tert-OH is 1. The molecular formula is C9H10ClNO3. The Bertz CT molecular complexity index is 343. The van der Waals surface area contributed by atoms with Crippen LogP contribution >= 0.6 is 11.6 Å². The fourth-order valence-electron chi connectivity index (χ4n) is 1.07. The van der Waals surface area contributed by atoms with Gasteiger partial charge in [-0.2, -0.15) is 0 Å². The Morgan fingerprint density at radius 2 is 2.00 bits per heavy atom. The lowest BCUT2D eigenvalue weighted by atomic mass is 10.0. The second-order valence-corrected chi connectivity index (χ2v) is 3.24. The normalized spacial score (nSPS) is 14.8. The summed E-state index contributed by atoms with van der Waals surface area (Å²) in [4.78, 5) is 10.5. The van der Waals surface area contributed by atoms with Crippen LogP contribution in [0.5, 0.6) is 0 Å². The smallest absolute Gasteiger partial charge is 0.334 e. The molecular weight excluding hydrogens is 206 g/mol. The summed E-state index contributed by atoms with van der Waals surface area (Å²) in [7, 11) is 0. The first-order chi connectivity index (χ1) is 6.54. The van der Waals surface area contributed by atoms with Gasteiger partial charge in [-0.3, -0.25) is 0 Å². The predicted molar refractivity (Wildman–Crippen MR) is 52.0 cm³/mol. The van der Waals surface area contributed by atoms with Crippen LogP contribution in [-0.2, 0) is 4.79 Å². The van der Waals surface area contributed by atoms with E-state index in [-0.39, 0.29) is 0 Å². The highest BCUT2D eigenvalue weighted by Crippen LogP contribution is 2.23. The summed E-state index contributed by atoms with van der Waals surface area (Å²) < 4.78 is 0. The summed E-state index contributed by atoms with van der Waals surface area (Å²) in [6, 6.07) is 5.53. The van der Waals surface area contributed by atoms with Crippen molar-refractivity contribution in [2.45, 2.75) is 12.1 Å². The van der Waals surface area contributed by atoms with Gasteiger partial charge >= 0.3 is 5.97 Å². The molecule has 0 aliphatic rings. The lowest BCUT2D eigenvalue weighted by Gasteiger charge is -2.16. The van der Waals surface area contributed by atoms with Crippen molar-refractivity contribution in [2.75, 3.05) is 0 Å². The van der Waals surface area contributed by atoms with Crippen molar-refractivity contribution >= 4 is 17.6 Å². The van der Waals surface area contributed by atoms with Crippen LogP contribution in [0.2, 0.25) is 5.02 Å². The Morgan fingerprint density at radius 1 is 1.43 bits per heavy atom. The van der Waals surface area contributed by atoms with Gasteiger partial charge in [0.25, 0.3) is 0 Å². The summed E-state index contributed by atoms with van der Waals surface area (Å²) in [6.07, 6.45) is -1.64. The molecule has 0 radical (unpaired) electrons. The molecule has 1 aromatic carbocycles. The highest BCUT2D eigenvalue weighted by Gasteiger charge is 2.24. The molecule has 0 fully saturated rings. The predicted octanol–water partition coefficient (Wildman–Crippen LogP) is 0.785. The van der Waals surface area contributed by atoms with Gasteiger partial charge in [0.15, 0.2) is 6.10 Å².